The molecule has 228 valence electrons. The minimum Gasteiger partial charge on any atom is -0.444 e. The number of carbonyl (C=O) groups excluding carboxylic acids is 2. The van der Waals surface area contributed by atoms with E-state index in [-0.39, 0.29) is 24.3 Å². The number of hydrogen-bond acceptors (Lipinski definition) is 8. The standard InChI is InChI=1S/C15H23N3O2.C10H20N2O2.C5H4BrN/c1-15(2,3)20-14(19)17-12-6-5-9-18(11-12)13-7-4-8-16-10-13;1-10(2,3)14-9(13)12-8-5-4-6-11-7-8;6-5-2-1-3-7-4-5/h4,7-8,10,12H,5-6,9,11H2,1-3H3,(H,17,19);8,11H,4-7H2,1-3H3,(H,12,13);1-4H/t12-;8-;/m00./s1. The van der Waals surface area contributed by atoms with E-state index in [1.54, 1.807) is 18.6 Å². The first-order valence-corrected chi connectivity index (χ1v) is 15.0. The summed E-state index contributed by atoms with van der Waals surface area (Å²) in [4.78, 5) is 33.4. The van der Waals surface area contributed by atoms with E-state index >= 15 is 0 Å². The molecular formula is C30H47BrN6O4. The lowest BCUT2D eigenvalue weighted by atomic mass is 10.1. The van der Waals surface area contributed by atoms with E-state index in [9.17, 15) is 9.59 Å². The number of carbonyl (C=O) groups is 2. The summed E-state index contributed by atoms with van der Waals surface area (Å²) >= 11 is 3.25. The first kappa shape index (κ1) is 34.3. The third-order valence-corrected chi connectivity index (χ3v) is 6.27. The SMILES string of the molecule is Brc1cccnc1.CC(C)(C)OC(=O)N[C@H]1CCCN(c2cccnc2)C1.CC(C)(C)OC(=O)N[C@H]1CCCNC1. The highest BCUT2D eigenvalue weighted by atomic mass is 79.9. The minimum atomic E-state index is -0.457. The number of nitrogens with one attached hydrogen (secondary N) is 3. The molecule has 10 nitrogen and oxygen atoms in total. The van der Waals surface area contributed by atoms with Crippen LogP contribution in [0.25, 0.3) is 0 Å². The number of alkyl carbamates (subject to hydrolysis) is 2. The van der Waals surface area contributed by atoms with Gasteiger partial charge in [0.25, 0.3) is 0 Å². The number of anilines is 1. The van der Waals surface area contributed by atoms with E-state index in [4.69, 9.17) is 9.47 Å². The van der Waals surface area contributed by atoms with Gasteiger partial charge in [-0.25, -0.2) is 9.59 Å². The van der Waals surface area contributed by atoms with Gasteiger partial charge in [-0.15, -0.1) is 0 Å². The van der Waals surface area contributed by atoms with E-state index in [1.165, 1.54) is 0 Å². The van der Waals surface area contributed by atoms with Crippen LogP contribution in [0.2, 0.25) is 0 Å². The van der Waals surface area contributed by atoms with Crippen LogP contribution in [0.4, 0.5) is 15.3 Å². The van der Waals surface area contributed by atoms with Crippen LogP contribution in [-0.2, 0) is 9.47 Å². The molecule has 0 unspecified atom stereocenters. The van der Waals surface area contributed by atoms with Crippen LogP contribution in [0.1, 0.15) is 67.2 Å². The first-order valence-electron chi connectivity index (χ1n) is 14.2. The molecule has 2 aliphatic rings. The number of rotatable bonds is 3. The highest BCUT2D eigenvalue weighted by Gasteiger charge is 2.24. The number of nitrogens with zero attached hydrogens (tertiary/aromatic N) is 3. The Bertz CT molecular complexity index is 1020. The molecule has 0 aromatic carbocycles. The maximum absolute atomic E-state index is 11.8. The molecule has 2 fully saturated rings. The zero-order valence-electron chi connectivity index (χ0n) is 25.3. The van der Waals surface area contributed by atoms with Gasteiger partial charge in [0.1, 0.15) is 11.2 Å². The zero-order valence-corrected chi connectivity index (χ0v) is 26.9. The predicted octanol–water partition coefficient (Wildman–Crippen LogP) is 5.68. The van der Waals surface area contributed by atoms with Gasteiger partial charge in [0, 0.05) is 54.8 Å². The van der Waals surface area contributed by atoms with Crippen molar-refractivity contribution in [3.8, 4) is 0 Å². The Hall–Kier alpha value is -2.92. The molecule has 0 saturated carbocycles. The summed E-state index contributed by atoms with van der Waals surface area (Å²) in [6.07, 6.45) is 10.6. The van der Waals surface area contributed by atoms with Gasteiger partial charge in [0.05, 0.1) is 11.9 Å². The van der Waals surface area contributed by atoms with Crippen LogP contribution in [0, 0.1) is 0 Å². The van der Waals surface area contributed by atoms with Gasteiger partial charge in [-0.05, 0) is 114 Å². The van der Waals surface area contributed by atoms with Crippen molar-refractivity contribution in [2.75, 3.05) is 31.1 Å². The summed E-state index contributed by atoms with van der Waals surface area (Å²) in [7, 11) is 0. The van der Waals surface area contributed by atoms with Gasteiger partial charge in [-0.1, -0.05) is 0 Å². The summed E-state index contributed by atoms with van der Waals surface area (Å²) in [5, 5.41) is 9.04. The third-order valence-electron chi connectivity index (χ3n) is 5.80. The molecular weight excluding hydrogens is 588 g/mol. The summed E-state index contributed by atoms with van der Waals surface area (Å²) < 4.78 is 11.5. The average molecular weight is 636 g/mol. The molecule has 2 saturated heterocycles. The van der Waals surface area contributed by atoms with Crippen LogP contribution < -0.4 is 20.9 Å². The van der Waals surface area contributed by atoms with Crippen LogP contribution in [0.3, 0.4) is 0 Å². The lowest BCUT2D eigenvalue weighted by Gasteiger charge is -2.34. The smallest absolute Gasteiger partial charge is 0.407 e. The van der Waals surface area contributed by atoms with Gasteiger partial charge in [-0.2, -0.15) is 0 Å². The number of amides is 2. The molecule has 2 aromatic heterocycles. The van der Waals surface area contributed by atoms with E-state index in [2.05, 4.69) is 46.7 Å². The van der Waals surface area contributed by atoms with E-state index in [0.29, 0.717) is 0 Å². The van der Waals surface area contributed by atoms with E-state index in [1.807, 2.05) is 72.0 Å². The van der Waals surface area contributed by atoms with Crippen molar-refractivity contribution < 1.29 is 19.1 Å². The fourth-order valence-electron chi connectivity index (χ4n) is 4.14. The summed E-state index contributed by atoms with van der Waals surface area (Å²) in [6.45, 7) is 14.9. The van der Waals surface area contributed by atoms with Crippen molar-refractivity contribution in [2.45, 2.75) is 90.5 Å². The predicted molar refractivity (Wildman–Crippen MR) is 166 cm³/mol. The normalized spacial score (nSPS) is 18.9. The van der Waals surface area contributed by atoms with Gasteiger partial charge in [-0.3, -0.25) is 9.97 Å². The average Bonchev–Trinajstić information content (AvgIpc) is 2.89. The number of hydrogen-bond donors (Lipinski definition) is 3. The highest BCUT2D eigenvalue weighted by Crippen LogP contribution is 2.19. The van der Waals surface area contributed by atoms with Crippen molar-refractivity contribution in [1.82, 2.24) is 25.9 Å². The number of halogens is 1. The Morgan fingerprint density at radius 1 is 0.902 bits per heavy atom. The van der Waals surface area contributed by atoms with Crippen molar-refractivity contribution in [3.05, 3.63) is 53.5 Å². The largest absolute Gasteiger partial charge is 0.444 e. The molecule has 4 heterocycles. The first-order chi connectivity index (χ1) is 19.3. The quantitative estimate of drug-likeness (QED) is 0.395. The van der Waals surface area contributed by atoms with Crippen LogP contribution >= 0.6 is 15.9 Å². The molecule has 41 heavy (non-hydrogen) atoms. The van der Waals surface area contributed by atoms with Crippen LogP contribution in [0.5, 0.6) is 0 Å². The van der Waals surface area contributed by atoms with Gasteiger partial charge < -0.3 is 30.3 Å². The van der Waals surface area contributed by atoms with Crippen molar-refractivity contribution in [2.24, 2.45) is 0 Å². The second-order valence-corrected chi connectivity index (χ2v) is 12.9. The van der Waals surface area contributed by atoms with Crippen molar-refractivity contribution in [1.29, 1.82) is 0 Å². The lowest BCUT2D eigenvalue weighted by molar-refractivity contribution is 0.0486. The van der Waals surface area contributed by atoms with Gasteiger partial charge in [0.15, 0.2) is 0 Å². The van der Waals surface area contributed by atoms with Gasteiger partial charge >= 0.3 is 12.2 Å². The maximum atomic E-state index is 11.8. The van der Waals surface area contributed by atoms with E-state index < -0.39 is 11.2 Å². The molecule has 0 radical (unpaired) electrons. The molecule has 2 atom stereocenters. The Kier molecular flexibility index (Phi) is 14.3. The monoisotopic (exact) mass is 634 g/mol. The number of pyridine rings is 2. The number of ether oxygens (including phenoxy) is 2. The molecule has 3 N–H and O–H groups in total. The molecule has 4 rings (SSSR count). The van der Waals surface area contributed by atoms with Crippen molar-refractivity contribution >= 4 is 33.8 Å². The maximum Gasteiger partial charge on any atom is 0.407 e. The molecule has 2 aliphatic heterocycles. The molecule has 2 aromatic rings. The van der Waals surface area contributed by atoms with Crippen LogP contribution in [-0.4, -0.2) is 71.6 Å². The fraction of sp³-hybridized carbons (Fsp3) is 0.600. The molecule has 0 spiro atoms. The fourth-order valence-corrected chi connectivity index (χ4v) is 4.41. The Balaban J connectivity index is 0.000000241. The Labute approximate surface area is 253 Å². The van der Waals surface area contributed by atoms with E-state index in [0.717, 1.165) is 62.0 Å². The summed E-state index contributed by atoms with van der Waals surface area (Å²) in [5.74, 6) is 0. The van der Waals surface area contributed by atoms with Gasteiger partial charge in [0.2, 0.25) is 0 Å². The second kappa shape index (κ2) is 17.1. The number of aromatic nitrogens is 2. The van der Waals surface area contributed by atoms with Crippen molar-refractivity contribution in [3.63, 3.8) is 0 Å². The molecule has 0 aliphatic carbocycles. The second-order valence-electron chi connectivity index (χ2n) is 12.0. The van der Waals surface area contributed by atoms with Crippen LogP contribution in [0.15, 0.2) is 53.5 Å². The summed E-state index contributed by atoms with van der Waals surface area (Å²) in [6, 6.07) is 8.14. The number of piperidine rings is 2. The lowest BCUT2D eigenvalue weighted by Crippen LogP contribution is -2.49. The zero-order chi connectivity index (χ0) is 30.3. The minimum absolute atomic E-state index is 0.124. The summed E-state index contributed by atoms with van der Waals surface area (Å²) in [5.41, 5.74) is 0.233. The molecule has 0 bridgehead atoms. The topological polar surface area (TPSA) is 118 Å². The highest BCUT2D eigenvalue weighted by molar-refractivity contribution is 9.10. The Morgan fingerprint density at radius 3 is 1.95 bits per heavy atom. The Morgan fingerprint density at radius 2 is 1.49 bits per heavy atom. The third kappa shape index (κ3) is 16.2. The molecule has 11 heteroatoms. The molecule has 2 amide bonds.